The average Bonchev–Trinajstić information content (AvgIpc) is 2.49. The maximum atomic E-state index is 10.5. The van der Waals surface area contributed by atoms with E-state index in [-0.39, 0.29) is 0 Å². The summed E-state index contributed by atoms with van der Waals surface area (Å²) in [5.74, 6) is 0.968. The van der Waals surface area contributed by atoms with Crippen LogP contribution in [0.2, 0.25) is 0 Å². The average molecular weight is 306 g/mol. The van der Waals surface area contributed by atoms with Gasteiger partial charge in [-0.25, -0.2) is 0 Å². The molecule has 1 N–H and O–H groups in total. The number of piperidine rings is 1. The second kappa shape index (κ2) is 7.95. The van der Waals surface area contributed by atoms with Crippen LogP contribution in [-0.4, -0.2) is 60.8 Å². The van der Waals surface area contributed by atoms with Crippen molar-refractivity contribution in [2.45, 2.75) is 38.3 Å². The maximum Gasteiger partial charge on any atom is 0.123 e. The zero-order chi connectivity index (χ0) is 16.0. The highest BCUT2D eigenvalue weighted by molar-refractivity contribution is 5.33. The Morgan fingerprint density at radius 1 is 1.32 bits per heavy atom. The molecule has 0 radical (unpaired) electrons. The molecule has 0 aromatic heterocycles. The number of rotatable bonds is 7. The van der Waals surface area contributed by atoms with Gasteiger partial charge < -0.3 is 14.7 Å². The highest BCUT2D eigenvalue weighted by Gasteiger charge is 2.31. The van der Waals surface area contributed by atoms with E-state index in [9.17, 15) is 5.11 Å². The molecule has 0 aliphatic carbocycles. The SMILES string of the molecule is CC[C@]1(O)CCCN(Cc2ccccc2OCCN(C)C)C1. The molecular weight excluding hydrogens is 276 g/mol. The molecule has 0 amide bonds. The Balaban J connectivity index is 1.97. The number of likely N-dealkylation sites (N-methyl/N-ethyl adjacent to an activating group) is 1. The Hall–Kier alpha value is -1.10. The summed E-state index contributed by atoms with van der Waals surface area (Å²) in [7, 11) is 4.10. The number of aliphatic hydroxyl groups is 1. The highest BCUT2D eigenvalue weighted by Crippen LogP contribution is 2.27. The monoisotopic (exact) mass is 306 g/mol. The molecule has 124 valence electrons. The predicted octanol–water partition coefficient (Wildman–Crippen LogP) is 2.36. The molecule has 2 rings (SSSR count). The van der Waals surface area contributed by atoms with E-state index in [0.29, 0.717) is 6.61 Å². The zero-order valence-electron chi connectivity index (χ0n) is 14.2. The van der Waals surface area contributed by atoms with Crippen LogP contribution in [0, 0.1) is 0 Å². The number of hydrogen-bond acceptors (Lipinski definition) is 4. The van der Waals surface area contributed by atoms with Gasteiger partial charge in [0.2, 0.25) is 0 Å². The Kier molecular flexibility index (Phi) is 6.24. The topological polar surface area (TPSA) is 35.9 Å². The Morgan fingerprint density at radius 3 is 2.82 bits per heavy atom. The molecule has 0 saturated carbocycles. The van der Waals surface area contributed by atoms with E-state index >= 15 is 0 Å². The van der Waals surface area contributed by atoms with E-state index in [1.165, 1.54) is 5.56 Å². The molecule has 1 saturated heterocycles. The minimum Gasteiger partial charge on any atom is -0.492 e. The van der Waals surface area contributed by atoms with Gasteiger partial charge in [0.15, 0.2) is 0 Å². The van der Waals surface area contributed by atoms with Gasteiger partial charge in [-0.2, -0.15) is 0 Å². The van der Waals surface area contributed by atoms with Gasteiger partial charge in [0, 0.05) is 25.2 Å². The van der Waals surface area contributed by atoms with Crippen molar-refractivity contribution in [3.63, 3.8) is 0 Å². The highest BCUT2D eigenvalue weighted by atomic mass is 16.5. The van der Waals surface area contributed by atoms with Crippen molar-refractivity contribution in [3.05, 3.63) is 29.8 Å². The summed E-state index contributed by atoms with van der Waals surface area (Å²) in [6, 6.07) is 8.25. The fourth-order valence-corrected chi connectivity index (χ4v) is 2.98. The maximum absolute atomic E-state index is 10.5. The van der Waals surface area contributed by atoms with Gasteiger partial charge in [0.25, 0.3) is 0 Å². The van der Waals surface area contributed by atoms with Crippen molar-refractivity contribution in [2.75, 3.05) is 40.3 Å². The summed E-state index contributed by atoms with van der Waals surface area (Å²) in [4.78, 5) is 4.47. The van der Waals surface area contributed by atoms with E-state index in [0.717, 1.165) is 51.2 Å². The van der Waals surface area contributed by atoms with Crippen LogP contribution in [0.3, 0.4) is 0 Å². The van der Waals surface area contributed by atoms with Crippen molar-refractivity contribution in [3.8, 4) is 5.75 Å². The summed E-state index contributed by atoms with van der Waals surface area (Å²) in [6.45, 7) is 6.34. The Morgan fingerprint density at radius 2 is 2.09 bits per heavy atom. The molecule has 1 aromatic carbocycles. The normalized spacial score (nSPS) is 23.0. The lowest BCUT2D eigenvalue weighted by Crippen LogP contribution is -2.47. The summed E-state index contributed by atoms with van der Waals surface area (Å²) in [5.41, 5.74) is 0.695. The summed E-state index contributed by atoms with van der Waals surface area (Å²) < 4.78 is 5.94. The van der Waals surface area contributed by atoms with Crippen molar-refractivity contribution in [1.29, 1.82) is 0 Å². The quantitative estimate of drug-likeness (QED) is 0.839. The lowest BCUT2D eigenvalue weighted by Gasteiger charge is -2.38. The third-order valence-corrected chi connectivity index (χ3v) is 4.46. The largest absolute Gasteiger partial charge is 0.492 e. The molecule has 0 bridgehead atoms. The number of benzene rings is 1. The van der Waals surface area contributed by atoms with Crippen LogP contribution in [0.25, 0.3) is 0 Å². The minimum absolute atomic E-state index is 0.515. The number of para-hydroxylation sites is 1. The van der Waals surface area contributed by atoms with E-state index in [1.54, 1.807) is 0 Å². The van der Waals surface area contributed by atoms with E-state index < -0.39 is 5.60 Å². The first kappa shape index (κ1) is 17.3. The van der Waals surface area contributed by atoms with Gasteiger partial charge in [-0.15, -0.1) is 0 Å². The van der Waals surface area contributed by atoms with Crippen LogP contribution < -0.4 is 4.74 Å². The molecule has 4 nitrogen and oxygen atoms in total. The molecule has 1 heterocycles. The third kappa shape index (κ3) is 4.97. The number of hydrogen-bond donors (Lipinski definition) is 1. The summed E-state index contributed by atoms with van der Waals surface area (Å²) >= 11 is 0. The molecule has 0 spiro atoms. The van der Waals surface area contributed by atoms with Crippen LogP contribution in [-0.2, 0) is 6.54 Å². The lowest BCUT2D eigenvalue weighted by molar-refractivity contribution is -0.0359. The first-order valence-corrected chi connectivity index (χ1v) is 8.32. The van der Waals surface area contributed by atoms with Gasteiger partial charge in [0.05, 0.1) is 5.60 Å². The van der Waals surface area contributed by atoms with Crippen molar-refractivity contribution < 1.29 is 9.84 Å². The molecule has 1 atom stereocenters. The van der Waals surface area contributed by atoms with Crippen molar-refractivity contribution >= 4 is 0 Å². The standard InChI is InChI=1S/C18H30N2O2/c1-4-18(21)10-7-11-20(15-18)14-16-8-5-6-9-17(16)22-13-12-19(2)3/h5-6,8-9,21H,4,7,10-15H2,1-3H3/t18-/m0/s1. The van der Waals surface area contributed by atoms with Crippen LogP contribution in [0.5, 0.6) is 5.75 Å². The van der Waals surface area contributed by atoms with Gasteiger partial charge >= 0.3 is 0 Å². The fraction of sp³-hybridized carbons (Fsp3) is 0.667. The van der Waals surface area contributed by atoms with Gasteiger partial charge in [0.1, 0.15) is 12.4 Å². The van der Waals surface area contributed by atoms with Crippen LogP contribution >= 0.6 is 0 Å². The third-order valence-electron chi connectivity index (χ3n) is 4.46. The number of β-amino-alcohol motifs (C(OH)–C–C–N with tert-alkyl or cyclic N) is 1. The first-order chi connectivity index (χ1) is 10.5. The molecule has 0 unspecified atom stereocenters. The second-order valence-electron chi connectivity index (χ2n) is 6.65. The Bertz CT molecular complexity index is 464. The summed E-state index contributed by atoms with van der Waals surface area (Å²) in [6.07, 6.45) is 2.81. The van der Waals surface area contributed by atoms with E-state index in [1.807, 2.05) is 12.1 Å². The minimum atomic E-state index is -0.515. The Labute approximate surface area is 134 Å². The zero-order valence-corrected chi connectivity index (χ0v) is 14.2. The molecule has 22 heavy (non-hydrogen) atoms. The molecule has 4 heteroatoms. The van der Waals surface area contributed by atoms with Gasteiger partial charge in [-0.1, -0.05) is 25.1 Å². The lowest BCUT2D eigenvalue weighted by atomic mass is 9.90. The van der Waals surface area contributed by atoms with Gasteiger partial charge in [-0.05, 0) is 46.0 Å². The number of nitrogens with zero attached hydrogens (tertiary/aromatic N) is 2. The first-order valence-electron chi connectivity index (χ1n) is 8.32. The number of likely N-dealkylation sites (tertiary alicyclic amines) is 1. The smallest absolute Gasteiger partial charge is 0.123 e. The van der Waals surface area contributed by atoms with Crippen LogP contribution in [0.1, 0.15) is 31.7 Å². The molecule has 1 aliphatic heterocycles. The van der Waals surface area contributed by atoms with Gasteiger partial charge in [-0.3, -0.25) is 4.90 Å². The van der Waals surface area contributed by atoms with Crippen molar-refractivity contribution in [1.82, 2.24) is 9.80 Å². The van der Waals surface area contributed by atoms with Crippen LogP contribution in [0.15, 0.2) is 24.3 Å². The number of ether oxygens (including phenoxy) is 1. The van der Waals surface area contributed by atoms with E-state index in [4.69, 9.17) is 4.74 Å². The van der Waals surface area contributed by atoms with E-state index in [2.05, 4.69) is 43.0 Å². The second-order valence-corrected chi connectivity index (χ2v) is 6.65. The predicted molar refractivity (Wildman–Crippen MR) is 90.2 cm³/mol. The summed E-state index contributed by atoms with van der Waals surface area (Å²) in [5, 5.41) is 10.5. The molecule has 1 aliphatic rings. The molecule has 1 fully saturated rings. The molecular formula is C18H30N2O2. The van der Waals surface area contributed by atoms with Crippen LogP contribution in [0.4, 0.5) is 0 Å². The van der Waals surface area contributed by atoms with Crippen molar-refractivity contribution in [2.24, 2.45) is 0 Å². The molecule has 1 aromatic rings. The fourth-order valence-electron chi connectivity index (χ4n) is 2.98.